The first-order chi connectivity index (χ1) is 21.7. The van der Waals surface area contributed by atoms with E-state index < -0.39 is 39.1 Å². The third-order valence-electron chi connectivity index (χ3n) is 7.71. The quantitative estimate of drug-likeness (QED) is 0.272. The Labute approximate surface area is 283 Å². The number of nitrogens with one attached hydrogen (secondary N) is 1. The highest BCUT2D eigenvalue weighted by atomic mass is 35.5. The van der Waals surface area contributed by atoms with Gasteiger partial charge >= 0.3 is 12.1 Å². The molecular weight excluding hydrogens is 682 g/mol. The Bertz CT molecular complexity index is 1600. The van der Waals surface area contributed by atoms with E-state index in [1.165, 1.54) is 30.0 Å². The van der Waals surface area contributed by atoms with Crippen molar-refractivity contribution in [3.8, 4) is 0 Å². The molecule has 0 radical (unpaired) electrons. The summed E-state index contributed by atoms with van der Waals surface area (Å²) in [4.78, 5) is 41.1. The summed E-state index contributed by atoms with van der Waals surface area (Å²) in [6.07, 6.45) is -3.72. The number of hydrogen-bond donors (Lipinski definition) is 1. The van der Waals surface area contributed by atoms with E-state index in [1.54, 1.807) is 32.7 Å². The summed E-state index contributed by atoms with van der Waals surface area (Å²) in [5.74, 6) is -1.84. The van der Waals surface area contributed by atoms with Crippen molar-refractivity contribution in [2.45, 2.75) is 89.2 Å². The van der Waals surface area contributed by atoms with Gasteiger partial charge in [-0.05, 0) is 81.6 Å². The second-order valence-electron chi connectivity index (χ2n) is 12.4. The van der Waals surface area contributed by atoms with Gasteiger partial charge in [0.1, 0.15) is 5.60 Å². The molecule has 0 bridgehead atoms. The molecule has 1 atom stereocenters. The molecule has 9 nitrogen and oxygen atoms in total. The van der Waals surface area contributed by atoms with Crippen LogP contribution < -0.4 is 5.32 Å². The summed E-state index contributed by atoms with van der Waals surface area (Å²) in [6.45, 7) is 6.94. The number of ether oxygens (including phenoxy) is 1. The van der Waals surface area contributed by atoms with Gasteiger partial charge in [-0.2, -0.15) is 13.2 Å². The number of piperidine rings is 1. The first kappa shape index (κ1) is 38.6. The van der Waals surface area contributed by atoms with Crippen LogP contribution in [0.25, 0.3) is 0 Å². The van der Waals surface area contributed by atoms with Crippen LogP contribution in [-0.2, 0) is 43.4 Å². The summed E-state index contributed by atoms with van der Waals surface area (Å²) in [6, 6.07) is 5.68. The maximum absolute atomic E-state index is 14.3. The Balaban J connectivity index is 1.75. The van der Waals surface area contributed by atoms with Gasteiger partial charge in [-0.25, -0.2) is 8.42 Å². The number of halogens is 5. The van der Waals surface area contributed by atoms with E-state index in [1.807, 2.05) is 0 Å². The molecule has 2 amide bonds. The lowest BCUT2D eigenvalue weighted by atomic mass is 9.99. The van der Waals surface area contributed by atoms with Crippen molar-refractivity contribution in [3.63, 3.8) is 0 Å². The van der Waals surface area contributed by atoms with Crippen LogP contribution in [0.5, 0.6) is 0 Å². The molecule has 15 heteroatoms. The number of alkyl halides is 3. The van der Waals surface area contributed by atoms with E-state index in [9.17, 15) is 36.0 Å². The van der Waals surface area contributed by atoms with Gasteiger partial charge in [0, 0.05) is 54.8 Å². The van der Waals surface area contributed by atoms with Crippen LogP contribution in [0, 0.1) is 0 Å². The monoisotopic (exact) mass is 721 g/mol. The number of esters is 1. The van der Waals surface area contributed by atoms with Crippen LogP contribution in [-0.4, -0.2) is 73.5 Å². The zero-order chi connectivity index (χ0) is 35.3. The van der Waals surface area contributed by atoms with Crippen LogP contribution in [0.4, 0.5) is 13.2 Å². The SMILES string of the molecule is CCS(=O)(=O)c1ccc(Cl)cc1CNC(=O)c1cc(Cl)c(CN2CCC[C@H](N(C)C(=O)CCC(=O)OC(C)(C)C)C2)c(C(F)(F)F)c1. The van der Waals surface area contributed by atoms with Crippen LogP contribution in [0.15, 0.2) is 35.2 Å². The molecule has 1 fully saturated rings. The second-order valence-corrected chi connectivity index (χ2v) is 15.5. The number of nitrogens with zero attached hydrogens (tertiary/aromatic N) is 2. The van der Waals surface area contributed by atoms with Gasteiger partial charge in [0.25, 0.3) is 5.91 Å². The van der Waals surface area contributed by atoms with Crippen molar-refractivity contribution in [2.75, 3.05) is 25.9 Å². The molecule has 2 aromatic rings. The van der Waals surface area contributed by atoms with Crippen molar-refractivity contribution >= 4 is 50.8 Å². The molecule has 260 valence electrons. The average Bonchev–Trinajstić information content (AvgIpc) is 2.97. The Hall–Kier alpha value is -2.87. The Morgan fingerprint density at radius 1 is 1.09 bits per heavy atom. The minimum atomic E-state index is -4.84. The molecule has 0 saturated carbocycles. The fraction of sp³-hybridized carbons (Fsp3) is 0.531. The zero-order valence-electron chi connectivity index (χ0n) is 27.0. The molecule has 1 N–H and O–H groups in total. The van der Waals surface area contributed by atoms with Gasteiger partial charge in [-0.1, -0.05) is 30.1 Å². The van der Waals surface area contributed by atoms with Crippen LogP contribution >= 0.6 is 23.2 Å². The van der Waals surface area contributed by atoms with Crippen LogP contribution in [0.1, 0.15) is 80.4 Å². The zero-order valence-corrected chi connectivity index (χ0v) is 29.3. The standard InChI is InChI=1S/C32H40Cl2F3N3O6S/c1-6-47(44,45)27-10-9-22(33)14-21(27)17-38-30(43)20-15-25(32(35,36)37)24(26(34)16-20)19-40-13-7-8-23(18-40)39(5)28(41)11-12-29(42)46-31(2,3)4/h9-10,14-16,23H,6-8,11-13,17-19H2,1-5H3,(H,38,43)/t23-/m0/s1. The molecule has 0 unspecified atom stereocenters. The highest BCUT2D eigenvalue weighted by Gasteiger charge is 2.37. The predicted octanol–water partition coefficient (Wildman–Crippen LogP) is 6.28. The van der Waals surface area contributed by atoms with Crippen molar-refractivity contribution in [1.82, 2.24) is 15.1 Å². The topological polar surface area (TPSA) is 113 Å². The van der Waals surface area contributed by atoms with E-state index in [-0.39, 0.29) is 81.8 Å². The molecule has 0 spiro atoms. The van der Waals surface area contributed by atoms with Crippen LogP contribution in [0.3, 0.4) is 0 Å². The number of carbonyl (C=O) groups is 3. The summed E-state index contributed by atoms with van der Waals surface area (Å²) in [5.41, 5.74) is -2.11. The molecule has 2 aromatic carbocycles. The summed E-state index contributed by atoms with van der Waals surface area (Å²) in [5, 5.41) is 2.45. The van der Waals surface area contributed by atoms with E-state index in [4.69, 9.17) is 27.9 Å². The maximum Gasteiger partial charge on any atom is 0.416 e. The molecule has 1 aliphatic rings. The lowest BCUT2D eigenvalue weighted by Crippen LogP contribution is -2.48. The molecule has 3 rings (SSSR count). The molecule has 0 aromatic heterocycles. The molecule has 0 aliphatic carbocycles. The number of likely N-dealkylation sites (N-methyl/N-ethyl adjacent to an activating group) is 1. The van der Waals surface area contributed by atoms with Gasteiger partial charge in [0.15, 0.2) is 9.84 Å². The summed E-state index contributed by atoms with van der Waals surface area (Å²) >= 11 is 12.4. The second kappa shape index (κ2) is 15.6. The van der Waals surface area contributed by atoms with Crippen LogP contribution in [0.2, 0.25) is 10.0 Å². The van der Waals surface area contributed by atoms with Crippen molar-refractivity contribution < 1.29 is 40.7 Å². The van der Waals surface area contributed by atoms with Gasteiger partial charge in [-0.3, -0.25) is 19.3 Å². The minimum Gasteiger partial charge on any atom is -0.460 e. The largest absolute Gasteiger partial charge is 0.460 e. The number of rotatable bonds is 11. The lowest BCUT2D eigenvalue weighted by Gasteiger charge is -2.38. The first-order valence-corrected chi connectivity index (χ1v) is 17.5. The summed E-state index contributed by atoms with van der Waals surface area (Å²) in [7, 11) is -2.05. The average molecular weight is 723 g/mol. The third-order valence-corrected chi connectivity index (χ3v) is 10.1. The maximum atomic E-state index is 14.3. The molecule has 1 aliphatic heterocycles. The Kier molecular flexibility index (Phi) is 12.8. The van der Waals surface area contributed by atoms with Gasteiger partial charge in [0.05, 0.1) is 22.6 Å². The Morgan fingerprint density at radius 3 is 2.38 bits per heavy atom. The van der Waals surface area contributed by atoms with Gasteiger partial charge in [0.2, 0.25) is 5.91 Å². The Morgan fingerprint density at radius 2 is 1.77 bits per heavy atom. The predicted molar refractivity (Wildman–Crippen MR) is 173 cm³/mol. The van der Waals surface area contributed by atoms with E-state index in [0.29, 0.717) is 19.4 Å². The number of hydrogen-bond acceptors (Lipinski definition) is 7. The molecular formula is C32H40Cl2F3N3O6S. The van der Waals surface area contributed by atoms with Crippen molar-refractivity contribution in [3.05, 3.63) is 62.6 Å². The fourth-order valence-electron chi connectivity index (χ4n) is 5.30. The first-order valence-electron chi connectivity index (χ1n) is 15.1. The van der Waals surface area contributed by atoms with Crippen molar-refractivity contribution in [1.29, 1.82) is 0 Å². The van der Waals surface area contributed by atoms with Gasteiger partial charge in [-0.15, -0.1) is 0 Å². The number of amides is 2. The fourth-order valence-corrected chi connectivity index (χ4v) is 6.89. The normalized spacial score (nSPS) is 16.1. The lowest BCUT2D eigenvalue weighted by molar-refractivity contribution is -0.156. The van der Waals surface area contributed by atoms with E-state index in [2.05, 4.69) is 5.32 Å². The molecule has 1 heterocycles. The number of likely N-dealkylation sites (tertiary alicyclic amines) is 1. The highest BCUT2D eigenvalue weighted by Crippen LogP contribution is 2.37. The van der Waals surface area contributed by atoms with E-state index >= 15 is 0 Å². The minimum absolute atomic E-state index is 0.0377. The third kappa shape index (κ3) is 10.8. The van der Waals surface area contributed by atoms with E-state index in [0.717, 1.165) is 12.1 Å². The number of benzene rings is 2. The smallest absolute Gasteiger partial charge is 0.416 e. The van der Waals surface area contributed by atoms with Crippen molar-refractivity contribution in [2.24, 2.45) is 0 Å². The molecule has 47 heavy (non-hydrogen) atoms. The highest BCUT2D eigenvalue weighted by molar-refractivity contribution is 7.91. The number of sulfone groups is 1. The van der Waals surface area contributed by atoms with Gasteiger partial charge < -0.3 is 15.0 Å². The molecule has 1 saturated heterocycles. The summed E-state index contributed by atoms with van der Waals surface area (Å²) < 4.78 is 73.2. The number of carbonyl (C=O) groups excluding carboxylic acids is 3.